The van der Waals surface area contributed by atoms with E-state index in [0.717, 1.165) is 5.56 Å². The summed E-state index contributed by atoms with van der Waals surface area (Å²) in [7, 11) is 0. The van der Waals surface area contributed by atoms with E-state index in [-0.39, 0.29) is 17.7 Å². The minimum atomic E-state index is -0.401. The van der Waals surface area contributed by atoms with Gasteiger partial charge in [-0.05, 0) is 30.5 Å². The van der Waals surface area contributed by atoms with E-state index in [4.69, 9.17) is 11.6 Å². The number of benzene rings is 1. The van der Waals surface area contributed by atoms with Crippen molar-refractivity contribution in [1.29, 1.82) is 0 Å². The van der Waals surface area contributed by atoms with Gasteiger partial charge in [0.2, 0.25) is 11.8 Å². The molecule has 2 rings (SSSR count). The van der Waals surface area contributed by atoms with Crippen LogP contribution in [0.15, 0.2) is 18.2 Å². The van der Waals surface area contributed by atoms with Gasteiger partial charge in [0.1, 0.15) is 5.82 Å². The second-order valence-corrected chi connectivity index (χ2v) is 4.50. The molecule has 0 radical (unpaired) electrons. The maximum absolute atomic E-state index is 12.8. The Morgan fingerprint density at radius 3 is 2.82 bits per heavy atom. The summed E-state index contributed by atoms with van der Waals surface area (Å²) in [6.45, 7) is 0. The minimum Gasteiger partial charge on any atom is -0.296 e. The Balaban J connectivity index is 2.10. The van der Waals surface area contributed by atoms with Crippen molar-refractivity contribution in [3.05, 3.63) is 34.6 Å². The van der Waals surface area contributed by atoms with Crippen molar-refractivity contribution >= 4 is 23.4 Å². The number of nitrogens with one attached hydrogen (secondary N) is 1. The smallest absolute Gasteiger partial charge is 0.230 e. The molecule has 1 atom stereocenters. The Morgan fingerprint density at radius 2 is 2.18 bits per heavy atom. The average molecular weight is 256 g/mol. The lowest BCUT2D eigenvalue weighted by atomic mass is 9.91. The number of carbonyl (C=O) groups excluding carboxylic acids is 2. The molecule has 0 saturated carbocycles. The van der Waals surface area contributed by atoms with Gasteiger partial charge in [0, 0.05) is 17.4 Å². The number of amides is 2. The highest BCUT2D eigenvalue weighted by molar-refractivity contribution is 6.31. The molecule has 1 aromatic rings. The summed E-state index contributed by atoms with van der Waals surface area (Å²) >= 11 is 5.89. The molecule has 90 valence electrons. The first-order valence-corrected chi connectivity index (χ1v) is 5.71. The van der Waals surface area contributed by atoms with E-state index in [9.17, 15) is 14.0 Å². The number of hydrogen-bond acceptors (Lipinski definition) is 2. The van der Waals surface area contributed by atoms with Crippen LogP contribution in [0.4, 0.5) is 4.39 Å². The van der Waals surface area contributed by atoms with Gasteiger partial charge in [-0.2, -0.15) is 0 Å². The molecule has 0 spiro atoms. The van der Waals surface area contributed by atoms with Gasteiger partial charge < -0.3 is 0 Å². The molecule has 1 N–H and O–H groups in total. The fourth-order valence-corrected chi connectivity index (χ4v) is 2.13. The van der Waals surface area contributed by atoms with E-state index in [1.807, 2.05) is 0 Å². The van der Waals surface area contributed by atoms with Crippen LogP contribution in [0, 0.1) is 11.7 Å². The van der Waals surface area contributed by atoms with Gasteiger partial charge in [0.05, 0.1) is 0 Å². The summed E-state index contributed by atoms with van der Waals surface area (Å²) < 4.78 is 12.8. The highest BCUT2D eigenvalue weighted by Gasteiger charge is 2.27. The zero-order valence-corrected chi connectivity index (χ0v) is 9.76. The van der Waals surface area contributed by atoms with Crippen LogP contribution < -0.4 is 5.32 Å². The largest absolute Gasteiger partial charge is 0.296 e. The zero-order chi connectivity index (χ0) is 12.4. The standard InChI is InChI=1S/C12H11ClFNO2/c13-10-6-9(14)3-1-7(10)5-8-2-4-11(16)15-12(8)17/h1,3,6,8H,2,4-5H2,(H,15,16,17). The monoisotopic (exact) mass is 255 g/mol. The van der Waals surface area contributed by atoms with Crippen molar-refractivity contribution in [2.75, 3.05) is 0 Å². The predicted molar refractivity (Wildman–Crippen MR) is 61.0 cm³/mol. The third-order valence-corrected chi connectivity index (χ3v) is 3.19. The number of piperidine rings is 1. The van der Waals surface area contributed by atoms with E-state index in [2.05, 4.69) is 5.32 Å². The van der Waals surface area contributed by atoms with Crippen LogP contribution in [0.1, 0.15) is 18.4 Å². The summed E-state index contributed by atoms with van der Waals surface area (Å²) in [5.74, 6) is -1.18. The van der Waals surface area contributed by atoms with Crippen LogP contribution in [0.2, 0.25) is 5.02 Å². The van der Waals surface area contributed by atoms with Crippen molar-refractivity contribution in [2.24, 2.45) is 5.92 Å². The number of rotatable bonds is 2. The Morgan fingerprint density at radius 1 is 1.41 bits per heavy atom. The third-order valence-electron chi connectivity index (χ3n) is 2.83. The van der Waals surface area contributed by atoms with Crippen molar-refractivity contribution in [3.63, 3.8) is 0 Å². The molecule has 1 saturated heterocycles. The number of hydrogen-bond donors (Lipinski definition) is 1. The molecule has 1 fully saturated rings. The van der Waals surface area contributed by atoms with Crippen LogP contribution in [0.5, 0.6) is 0 Å². The highest BCUT2D eigenvalue weighted by Crippen LogP contribution is 2.24. The quantitative estimate of drug-likeness (QED) is 0.823. The lowest BCUT2D eigenvalue weighted by molar-refractivity contribution is -0.136. The first-order valence-electron chi connectivity index (χ1n) is 5.34. The topological polar surface area (TPSA) is 46.2 Å². The van der Waals surface area contributed by atoms with Crippen LogP contribution >= 0.6 is 11.6 Å². The summed E-state index contributed by atoms with van der Waals surface area (Å²) in [6.07, 6.45) is 1.28. The van der Waals surface area contributed by atoms with Gasteiger partial charge in [0.25, 0.3) is 0 Å². The van der Waals surface area contributed by atoms with Crippen molar-refractivity contribution < 1.29 is 14.0 Å². The normalized spacial score (nSPS) is 20.2. The molecule has 1 unspecified atom stereocenters. The summed E-state index contributed by atoms with van der Waals surface area (Å²) in [5.41, 5.74) is 0.725. The third kappa shape index (κ3) is 2.82. The maximum atomic E-state index is 12.8. The molecule has 2 amide bonds. The van der Waals surface area contributed by atoms with E-state index in [0.29, 0.717) is 24.3 Å². The second-order valence-electron chi connectivity index (χ2n) is 4.09. The molecule has 3 nitrogen and oxygen atoms in total. The predicted octanol–water partition coefficient (Wildman–Crippen LogP) is 2.07. The SMILES string of the molecule is O=C1CCC(Cc2ccc(F)cc2Cl)C(=O)N1. The maximum Gasteiger partial charge on any atom is 0.230 e. The molecule has 0 aromatic heterocycles. The van der Waals surface area contributed by atoms with Crippen LogP contribution in [0.3, 0.4) is 0 Å². The van der Waals surface area contributed by atoms with Gasteiger partial charge in [-0.25, -0.2) is 4.39 Å². The first kappa shape index (κ1) is 12.0. The van der Waals surface area contributed by atoms with Crippen LogP contribution in [-0.2, 0) is 16.0 Å². The molecule has 1 aromatic carbocycles. The van der Waals surface area contributed by atoms with Crippen molar-refractivity contribution in [2.45, 2.75) is 19.3 Å². The Labute approximate surface area is 103 Å². The number of imide groups is 1. The Hall–Kier alpha value is -1.42. The molecule has 1 heterocycles. The minimum absolute atomic E-state index is 0.239. The van der Waals surface area contributed by atoms with Crippen LogP contribution in [0.25, 0.3) is 0 Å². The molecule has 1 aliphatic rings. The van der Waals surface area contributed by atoms with Crippen molar-refractivity contribution in [1.82, 2.24) is 5.32 Å². The first-order chi connectivity index (χ1) is 8.06. The van der Waals surface area contributed by atoms with Crippen LogP contribution in [-0.4, -0.2) is 11.8 Å². The molecular formula is C12H11ClFNO2. The lowest BCUT2D eigenvalue weighted by Crippen LogP contribution is -2.41. The molecule has 17 heavy (non-hydrogen) atoms. The van der Waals surface area contributed by atoms with Gasteiger partial charge in [-0.3, -0.25) is 14.9 Å². The summed E-state index contributed by atoms with van der Waals surface area (Å²) in [4.78, 5) is 22.5. The lowest BCUT2D eigenvalue weighted by Gasteiger charge is -2.21. The average Bonchev–Trinajstić information content (AvgIpc) is 2.25. The molecular weight excluding hydrogens is 245 g/mol. The molecule has 1 aliphatic heterocycles. The van der Waals surface area contributed by atoms with Gasteiger partial charge in [-0.1, -0.05) is 17.7 Å². The van der Waals surface area contributed by atoms with E-state index < -0.39 is 5.82 Å². The molecule has 5 heteroatoms. The summed E-state index contributed by atoms with van der Waals surface area (Å²) in [5, 5.41) is 2.60. The van der Waals surface area contributed by atoms with Gasteiger partial charge >= 0.3 is 0 Å². The Bertz CT molecular complexity index is 476. The van der Waals surface area contributed by atoms with E-state index >= 15 is 0 Å². The fourth-order valence-electron chi connectivity index (χ4n) is 1.89. The van der Waals surface area contributed by atoms with E-state index in [1.165, 1.54) is 12.1 Å². The number of carbonyl (C=O) groups is 2. The second kappa shape index (κ2) is 4.84. The fraction of sp³-hybridized carbons (Fsp3) is 0.333. The zero-order valence-electron chi connectivity index (χ0n) is 9.00. The van der Waals surface area contributed by atoms with E-state index in [1.54, 1.807) is 6.07 Å². The molecule has 0 bridgehead atoms. The molecule has 0 aliphatic carbocycles. The number of halogens is 2. The summed E-state index contributed by atoms with van der Waals surface area (Å²) in [6, 6.07) is 4.11. The van der Waals surface area contributed by atoms with Gasteiger partial charge in [0.15, 0.2) is 0 Å². The highest BCUT2D eigenvalue weighted by atomic mass is 35.5. The van der Waals surface area contributed by atoms with Gasteiger partial charge in [-0.15, -0.1) is 0 Å². The van der Waals surface area contributed by atoms with Crippen molar-refractivity contribution in [3.8, 4) is 0 Å². The Kier molecular flexibility index (Phi) is 3.43.